The van der Waals surface area contributed by atoms with Crippen LogP contribution in [-0.4, -0.2) is 16.3 Å². The molecule has 0 radical (unpaired) electrons. The Labute approximate surface area is 157 Å². The average Bonchev–Trinajstić information content (AvgIpc) is 2.92. The fourth-order valence-corrected chi connectivity index (χ4v) is 3.00. The predicted octanol–water partition coefficient (Wildman–Crippen LogP) is 4.63. The van der Waals surface area contributed by atoms with E-state index in [1.807, 2.05) is 48.7 Å². The molecule has 1 heterocycles. The third-order valence-corrected chi connectivity index (χ3v) is 4.56. The van der Waals surface area contributed by atoms with Crippen LogP contribution in [0.1, 0.15) is 27.3 Å². The second-order valence-electron chi connectivity index (χ2n) is 6.15. The molecule has 4 nitrogen and oxygen atoms in total. The Hall–Kier alpha value is -2.85. The highest BCUT2D eigenvalue weighted by molar-refractivity contribution is 6.46. The second kappa shape index (κ2) is 7.58. The summed E-state index contributed by atoms with van der Waals surface area (Å²) in [5.41, 5.74) is 3.79. The molecule has 0 aliphatic heterocycles. The number of Topliss-reactive ketones (excluding diaryl/α,β-unsaturated/α-hetero) is 1. The highest BCUT2D eigenvalue weighted by Gasteiger charge is 2.22. The Morgan fingerprint density at radius 3 is 2.31 bits per heavy atom. The van der Waals surface area contributed by atoms with Gasteiger partial charge in [0.15, 0.2) is 0 Å². The molecule has 0 unspecified atom stereocenters. The number of rotatable bonds is 5. The maximum atomic E-state index is 12.6. The molecule has 0 atom stereocenters. The Morgan fingerprint density at radius 1 is 1.00 bits per heavy atom. The zero-order valence-corrected chi connectivity index (χ0v) is 15.4. The zero-order chi connectivity index (χ0) is 18.7. The van der Waals surface area contributed by atoms with Crippen LogP contribution >= 0.6 is 11.6 Å². The molecule has 0 saturated carbocycles. The summed E-state index contributed by atoms with van der Waals surface area (Å²) in [5.74, 6) is -1.17. The number of para-hydroxylation sites is 1. The molecule has 1 aromatic heterocycles. The smallest absolute Gasteiger partial charge is 0.296 e. The van der Waals surface area contributed by atoms with Gasteiger partial charge in [-0.3, -0.25) is 9.59 Å². The summed E-state index contributed by atoms with van der Waals surface area (Å²) in [7, 11) is 0. The van der Waals surface area contributed by atoms with Crippen LogP contribution < -0.4 is 5.32 Å². The number of nitrogens with zero attached hydrogens (tertiary/aromatic N) is 1. The summed E-state index contributed by atoms with van der Waals surface area (Å²) in [6.45, 7) is 4.39. The highest BCUT2D eigenvalue weighted by Crippen LogP contribution is 2.19. The van der Waals surface area contributed by atoms with E-state index < -0.39 is 11.7 Å². The topological polar surface area (TPSA) is 51.1 Å². The van der Waals surface area contributed by atoms with Crippen LogP contribution in [0.25, 0.3) is 0 Å². The van der Waals surface area contributed by atoms with Crippen LogP contribution in [0.5, 0.6) is 0 Å². The molecule has 0 saturated heterocycles. The van der Waals surface area contributed by atoms with Gasteiger partial charge in [-0.15, -0.1) is 0 Å². The second-order valence-corrected chi connectivity index (χ2v) is 6.58. The van der Waals surface area contributed by atoms with Crippen LogP contribution in [-0.2, 0) is 11.3 Å². The van der Waals surface area contributed by atoms with Crippen molar-refractivity contribution in [3.63, 3.8) is 0 Å². The first-order chi connectivity index (χ1) is 12.5. The fourth-order valence-electron chi connectivity index (χ4n) is 2.88. The molecule has 3 aromatic rings. The number of hydrogen-bond acceptors (Lipinski definition) is 2. The van der Waals surface area contributed by atoms with E-state index in [2.05, 4.69) is 5.32 Å². The lowest BCUT2D eigenvalue weighted by Crippen LogP contribution is -2.23. The standard InChI is InChI=1S/C21H19ClN2O2/c1-14-12-19(20(25)21(26)23-18-6-4-3-5-7-18)15(2)24(14)13-16-8-10-17(22)11-9-16/h3-12H,13H2,1-2H3,(H,23,26). The number of halogens is 1. The van der Waals surface area contributed by atoms with Crippen molar-refractivity contribution in [2.45, 2.75) is 20.4 Å². The maximum absolute atomic E-state index is 12.6. The van der Waals surface area contributed by atoms with E-state index in [0.717, 1.165) is 17.0 Å². The van der Waals surface area contributed by atoms with Crippen LogP contribution in [0, 0.1) is 13.8 Å². The lowest BCUT2D eigenvalue weighted by Gasteiger charge is -2.10. The molecule has 1 amide bonds. The molecule has 0 bridgehead atoms. The number of carbonyl (C=O) groups excluding carboxylic acids is 2. The highest BCUT2D eigenvalue weighted by atomic mass is 35.5. The van der Waals surface area contributed by atoms with Gasteiger partial charge in [0.05, 0.1) is 0 Å². The summed E-state index contributed by atoms with van der Waals surface area (Å²) < 4.78 is 2.02. The van der Waals surface area contributed by atoms with Crippen LogP contribution in [0.3, 0.4) is 0 Å². The first kappa shape index (κ1) is 18.0. The molecule has 0 spiro atoms. The Bertz CT molecular complexity index is 944. The largest absolute Gasteiger partial charge is 0.344 e. The molecule has 3 rings (SSSR count). The summed E-state index contributed by atoms with van der Waals surface area (Å²) in [5, 5.41) is 3.32. The summed E-state index contributed by atoms with van der Waals surface area (Å²) in [6.07, 6.45) is 0. The number of amides is 1. The van der Waals surface area contributed by atoms with Crippen molar-refractivity contribution in [1.82, 2.24) is 4.57 Å². The number of aryl methyl sites for hydroxylation is 1. The molecule has 0 aliphatic carbocycles. The minimum atomic E-state index is -0.636. The minimum absolute atomic E-state index is 0.421. The van der Waals surface area contributed by atoms with E-state index in [0.29, 0.717) is 22.8 Å². The first-order valence-corrected chi connectivity index (χ1v) is 8.65. The Kier molecular flexibility index (Phi) is 5.24. The Balaban J connectivity index is 1.81. The lowest BCUT2D eigenvalue weighted by atomic mass is 10.1. The molecular formula is C21H19ClN2O2. The van der Waals surface area contributed by atoms with Gasteiger partial charge in [-0.2, -0.15) is 0 Å². The van der Waals surface area contributed by atoms with Gasteiger partial charge >= 0.3 is 0 Å². The van der Waals surface area contributed by atoms with E-state index in [1.165, 1.54) is 0 Å². The molecule has 2 aromatic carbocycles. The van der Waals surface area contributed by atoms with Crippen molar-refractivity contribution in [2.75, 3.05) is 5.32 Å². The van der Waals surface area contributed by atoms with Gasteiger partial charge in [0.1, 0.15) is 0 Å². The molecule has 132 valence electrons. The molecule has 5 heteroatoms. The summed E-state index contributed by atoms with van der Waals surface area (Å²) >= 11 is 5.93. The normalized spacial score (nSPS) is 10.6. The summed E-state index contributed by atoms with van der Waals surface area (Å²) in [4.78, 5) is 24.9. The first-order valence-electron chi connectivity index (χ1n) is 8.27. The maximum Gasteiger partial charge on any atom is 0.296 e. The molecule has 1 N–H and O–H groups in total. The van der Waals surface area contributed by atoms with Crippen molar-refractivity contribution >= 4 is 29.0 Å². The quantitative estimate of drug-likeness (QED) is 0.528. The van der Waals surface area contributed by atoms with Crippen molar-refractivity contribution in [3.05, 3.63) is 88.2 Å². The van der Waals surface area contributed by atoms with Crippen molar-refractivity contribution in [3.8, 4) is 0 Å². The molecule has 0 aliphatic rings. The number of anilines is 1. The van der Waals surface area contributed by atoms with E-state index in [-0.39, 0.29) is 0 Å². The van der Waals surface area contributed by atoms with Crippen molar-refractivity contribution in [1.29, 1.82) is 0 Å². The van der Waals surface area contributed by atoms with Gasteiger partial charge in [-0.25, -0.2) is 0 Å². The van der Waals surface area contributed by atoms with Gasteiger partial charge in [-0.1, -0.05) is 41.9 Å². The van der Waals surface area contributed by atoms with Crippen LogP contribution in [0.4, 0.5) is 5.69 Å². The number of benzene rings is 2. The molecular weight excluding hydrogens is 348 g/mol. The van der Waals surface area contributed by atoms with Gasteiger partial charge in [-0.05, 0) is 49.7 Å². The average molecular weight is 367 g/mol. The van der Waals surface area contributed by atoms with Crippen molar-refractivity contribution < 1.29 is 9.59 Å². The monoisotopic (exact) mass is 366 g/mol. The van der Waals surface area contributed by atoms with Gasteiger partial charge in [0.2, 0.25) is 0 Å². The predicted molar refractivity (Wildman–Crippen MR) is 104 cm³/mol. The number of nitrogens with one attached hydrogen (secondary N) is 1. The molecule has 0 fully saturated rings. The van der Waals surface area contributed by atoms with E-state index >= 15 is 0 Å². The van der Waals surface area contributed by atoms with E-state index in [9.17, 15) is 9.59 Å². The van der Waals surface area contributed by atoms with Gasteiger partial charge in [0, 0.05) is 34.2 Å². The fraction of sp³-hybridized carbons (Fsp3) is 0.143. The van der Waals surface area contributed by atoms with E-state index in [1.54, 1.807) is 30.3 Å². The molecule has 26 heavy (non-hydrogen) atoms. The third kappa shape index (κ3) is 3.86. The lowest BCUT2D eigenvalue weighted by molar-refractivity contribution is -0.112. The third-order valence-electron chi connectivity index (χ3n) is 4.31. The van der Waals surface area contributed by atoms with Crippen LogP contribution in [0.2, 0.25) is 5.02 Å². The summed E-state index contributed by atoms with van der Waals surface area (Å²) in [6, 6.07) is 18.3. The number of hydrogen-bond donors (Lipinski definition) is 1. The van der Waals surface area contributed by atoms with Gasteiger partial charge in [0.25, 0.3) is 11.7 Å². The zero-order valence-electron chi connectivity index (χ0n) is 14.6. The SMILES string of the molecule is Cc1cc(C(=O)C(=O)Nc2ccccc2)c(C)n1Cc1ccc(Cl)cc1. The minimum Gasteiger partial charge on any atom is -0.344 e. The number of aromatic nitrogens is 1. The van der Waals surface area contributed by atoms with Crippen LogP contribution in [0.15, 0.2) is 60.7 Å². The number of ketones is 1. The van der Waals surface area contributed by atoms with Gasteiger partial charge < -0.3 is 9.88 Å². The van der Waals surface area contributed by atoms with E-state index in [4.69, 9.17) is 11.6 Å². The number of carbonyl (C=O) groups is 2. The van der Waals surface area contributed by atoms with Crippen molar-refractivity contribution in [2.24, 2.45) is 0 Å². The Morgan fingerprint density at radius 2 is 1.65 bits per heavy atom.